The van der Waals surface area contributed by atoms with E-state index in [-0.39, 0.29) is 11.9 Å². The Labute approximate surface area is 122 Å². The van der Waals surface area contributed by atoms with Gasteiger partial charge in [-0.3, -0.25) is 10.2 Å². The molecule has 2 fully saturated rings. The number of nitrogen functional groups attached to an aromatic ring is 1. The van der Waals surface area contributed by atoms with E-state index < -0.39 is 0 Å². The number of carbonyl (C=O) groups is 1. The predicted molar refractivity (Wildman–Crippen MR) is 78.7 cm³/mol. The first-order valence-corrected chi connectivity index (χ1v) is 7.28. The lowest BCUT2D eigenvalue weighted by molar-refractivity contribution is -0.123. The second-order valence-corrected chi connectivity index (χ2v) is 5.25. The standard InChI is InChI=1S/C12H20N8O/c13-19-11-16-10(15-8-4-3-5-14-9(8)21)17-12(18-11)20-6-1-2-7-20/h8H,1-7,13H2,(H,14,21)(H2,15,16,17,18,19). The third-order valence-corrected chi connectivity index (χ3v) is 3.73. The van der Waals surface area contributed by atoms with Crippen LogP contribution in [-0.4, -0.2) is 46.5 Å². The fourth-order valence-electron chi connectivity index (χ4n) is 2.62. The molecule has 9 nitrogen and oxygen atoms in total. The molecule has 0 radical (unpaired) electrons. The summed E-state index contributed by atoms with van der Waals surface area (Å²) in [6.07, 6.45) is 3.97. The summed E-state index contributed by atoms with van der Waals surface area (Å²) in [5.41, 5.74) is 2.45. The van der Waals surface area contributed by atoms with E-state index in [9.17, 15) is 4.79 Å². The van der Waals surface area contributed by atoms with Gasteiger partial charge >= 0.3 is 0 Å². The Kier molecular flexibility index (Phi) is 4.00. The van der Waals surface area contributed by atoms with Gasteiger partial charge in [0.05, 0.1) is 0 Å². The topological polar surface area (TPSA) is 121 Å². The maximum absolute atomic E-state index is 11.8. The van der Waals surface area contributed by atoms with Crippen LogP contribution < -0.4 is 26.8 Å². The number of hydrogen-bond acceptors (Lipinski definition) is 8. The van der Waals surface area contributed by atoms with Crippen LogP contribution in [0.4, 0.5) is 17.8 Å². The molecule has 0 bridgehead atoms. The number of piperidine rings is 1. The van der Waals surface area contributed by atoms with Gasteiger partial charge in [-0.15, -0.1) is 0 Å². The van der Waals surface area contributed by atoms with E-state index >= 15 is 0 Å². The number of hydrazine groups is 1. The van der Waals surface area contributed by atoms with E-state index in [1.807, 2.05) is 0 Å². The van der Waals surface area contributed by atoms with Crippen molar-refractivity contribution in [3.8, 4) is 0 Å². The molecule has 2 saturated heterocycles. The summed E-state index contributed by atoms with van der Waals surface area (Å²) in [7, 11) is 0. The third-order valence-electron chi connectivity index (χ3n) is 3.73. The normalized spacial score (nSPS) is 22.0. The number of rotatable bonds is 4. The summed E-state index contributed by atoms with van der Waals surface area (Å²) >= 11 is 0. The van der Waals surface area contributed by atoms with Crippen LogP contribution in [-0.2, 0) is 4.79 Å². The molecule has 1 aromatic heterocycles. The second-order valence-electron chi connectivity index (χ2n) is 5.25. The van der Waals surface area contributed by atoms with Gasteiger partial charge in [-0.2, -0.15) is 15.0 Å². The van der Waals surface area contributed by atoms with Crippen molar-refractivity contribution in [3.63, 3.8) is 0 Å². The van der Waals surface area contributed by atoms with E-state index in [1.54, 1.807) is 0 Å². The Hall–Kier alpha value is -2.16. The molecule has 114 valence electrons. The molecular weight excluding hydrogens is 272 g/mol. The molecular formula is C12H20N8O. The van der Waals surface area contributed by atoms with Gasteiger partial charge < -0.3 is 15.5 Å². The monoisotopic (exact) mass is 292 g/mol. The smallest absolute Gasteiger partial charge is 0.243 e. The minimum Gasteiger partial charge on any atom is -0.354 e. The number of anilines is 3. The molecule has 0 aliphatic carbocycles. The van der Waals surface area contributed by atoms with Gasteiger partial charge in [-0.25, -0.2) is 5.84 Å². The number of amides is 1. The summed E-state index contributed by atoms with van der Waals surface area (Å²) in [6.45, 7) is 2.58. The molecule has 0 saturated carbocycles. The SMILES string of the molecule is NNc1nc(NC2CCCNC2=O)nc(N2CCCC2)n1. The van der Waals surface area contributed by atoms with E-state index in [2.05, 4.69) is 35.9 Å². The summed E-state index contributed by atoms with van der Waals surface area (Å²) < 4.78 is 0. The molecule has 0 aromatic carbocycles. The van der Waals surface area contributed by atoms with E-state index in [4.69, 9.17) is 5.84 Å². The molecule has 2 aliphatic heterocycles. The Morgan fingerprint density at radius 3 is 2.62 bits per heavy atom. The quantitative estimate of drug-likeness (QED) is 0.431. The van der Waals surface area contributed by atoms with Gasteiger partial charge in [-0.1, -0.05) is 0 Å². The first-order valence-electron chi connectivity index (χ1n) is 7.28. The van der Waals surface area contributed by atoms with Crippen molar-refractivity contribution in [1.82, 2.24) is 20.3 Å². The number of nitrogens with one attached hydrogen (secondary N) is 3. The zero-order valence-corrected chi connectivity index (χ0v) is 11.8. The number of hydrogen-bond donors (Lipinski definition) is 4. The van der Waals surface area contributed by atoms with Crippen molar-refractivity contribution in [2.75, 3.05) is 35.3 Å². The highest BCUT2D eigenvalue weighted by Gasteiger charge is 2.24. The van der Waals surface area contributed by atoms with Crippen LogP contribution in [0, 0.1) is 0 Å². The Morgan fingerprint density at radius 1 is 1.14 bits per heavy atom. The molecule has 9 heteroatoms. The Bertz CT molecular complexity index is 516. The van der Waals surface area contributed by atoms with Crippen LogP contribution in [0.15, 0.2) is 0 Å². The average molecular weight is 292 g/mol. The molecule has 5 N–H and O–H groups in total. The largest absolute Gasteiger partial charge is 0.354 e. The third kappa shape index (κ3) is 3.13. The summed E-state index contributed by atoms with van der Waals surface area (Å²) in [5, 5.41) is 5.90. The zero-order valence-electron chi connectivity index (χ0n) is 11.8. The molecule has 1 atom stereocenters. The number of carbonyl (C=O) groups excluding carboxylic acids is 1. The van der Waals surface area contributed by atoms with Crippen molar-refractivity contribution < 1.29 is 4.79 Å². The van der Waals surface area contributed by atoms with E-state index in [0.29, 0.717) is 17.8 Å². The summed E-state index contributed by atoms with van der Waals surface area (Å²) in [5.74, 6) is 6.66. The van der Waals surface area contributed by atoms with Gasteiger partial charge in [0.25, 0.3) is 0 Å². The highest BCUT2D eigenvalue weighted by atomic mass is 16.2. The maximum atomic E-state index is 11.8. The van der Waals surface area contributed by atoms with Gasteiger partial charge in [0.15, 0.2) is 0 Å². The molecule has 3 heterocycles. The van der Waals surface area contributed by atoms with Crippen molar-refractivity contribution in [1.29, 1.82) is 0 Å². The number of nitrogens with two attached hydrogens (primary N) is 1. The highest BCUT2D eigenvalue weighted by molar-refractivity contribution is 5.84. The molecule has 0 spiro atoms. The van der Waals surface area contributed by atoms with Crippen LogP contribution in [0.2, 0.25) is 0 Å². The molecule has 2 aliphatic rings. The van der Waals surface area contributed by atoms with E-state index in [0.717, 1.165) is 45.3 Å². The number of nitrogens with zero attached hydrogens (tertiary/aromatic N) is 4. The fraction of sp³-hybridized carbons (Fsp3) is 0.667. The van der Waals surface area contributed by atoms with Gasteiger partial charge in [0.2, 0.25) is 23.8 Å². The first kappa shape index (κ1) is 13.8. The first-order chi connectivity index (χ1) is 10.3. The van der Waals surface area contributed by atoms with Crippen molar-refractivity contribution in [3.05, 3.63) is 0 Å². The van der Waals surface area contributed by atoms with Gasteiger partial charge in [-0.05, 0) is 25.7 Å². The molecule has 3 rings (SSSR count). The Balaban J connectivity index is 1.79. The van der Waals surface area contributed by atoms with Gasteiger partial charge in [0, 0.05) is 19.6 Å². The van der Waals surface area contributed by atoms with Crippen molar-refractivity contribution >= 4 is 23.8 Å². The average Bonchev–Trinajstić information content (AvgIpc) is 3.04. The van der Waals surface area contributed by atoms with Crippen molar-refractivity contribution in [2.45, 2.75) is 31.7 Å². The summed E-state index contributed by atoms with van der Waals surface area (Å²) in [6, 6.07) is -0.307. The van der Waals surface area contributed by atoms with Crippen LogP contribution in [0.25, 0.3) is 0 Å². The van der Waals surface area contributed by atoms with Crippen molar-refractivity contribution in [2.24, 2.45) is 5.84 Å². The predicted octanol–water partition coefficient (Wildman–Crippen LogP) is -0.552. The molecule has 1 aromatic rings. The summed E-state index contributed by atoms with van der Waals surface area (Å²) in [4.78, 5) is 26.7. The molecule has 21 heavy (non-hydrogen) atoms. The molecule has 1 amide bonds. The zero-order chi connectivity index (χ0) is 14.7. The van der Waals surface area contributed by atoms with Gasteiger partial charge in [0.1, 0.15) is 6.04 Å². The second kappa shape index (κ2) is 6.08. The molecule has 1 unspecified atom stereocenters. The lowest BCUT2D eigenvalue weighted by atomic mass is 10.1. The van der Waals surface area contributed by atoms with Crippen LogP contribution >= 0.6 is 0 Å². The maximum Gasteiger partial charge on any atom is 0.243 e. The van der Waals surface area contributed by atoms with Crippen LogP contribution in [0.1, 0.15) is 25.7 Å². The number of aromatic nitrogens is 3. The Morgan fingerprint density at radius 2 is 1.90 bits per heavy atom. The van der Waals surface area contributed by atoms with Crippen LogP contribution in [0.3, 0.4) is 0 Å². The lowest BCUT2D eigenvalue weighted by Gasteiger charge is -2.23. The minimum absolute atomic E-state index is 0.0216. The van der Waals surface area contributed by atoms with E-state index in [1.165, 1.54) is 0 Å². The van der Waals surface area contributed by atoms with Crippen LogP contribution in [0.5, 0.6) is 0 Å². The lowest BCUT2D eigenvalue weighted by Crippen LogP contribution is -2.44. The fourth-order valence-corrected chi connectivity index (χ4v) is 2.62. The highest BCUT2D eigenvalue weighted by Crippen LogP contribution is 2.19. The minimum atomic E-state index is -0.307.